The number of aryl methyl sites for hydroxylation is 1. The lowest BCUT2D eigenvalue weighted by Gasteiger charge is -2.33. The Bertz CT molecular complexity index is 1150. The minimum absolute atomic E-state index is 0.193. The van der Waals surface area contributed by atoms with Gasteiger partial charge in [-0.25, -0.2) is 9.18 Å². The van der Waals surface area contributed by atoms with Crippen molar-refractivity contribution in [3.05, 3.63) is 83.9 Å². The molecule has 0 aliphatic carbocycles. The third-order valence-electron chi connectivity index (χ3n) is 5.94. The highest BCUT2D eigenvalue weighted by molar-refractivity contribution is 6.06. The SMILES string of the molecule is Cc1ccc(C(=O)Nc2ccccc2NC(=O)OCC2CCN(c3ccncc3)CC2)cc1F. The molecule has 0 spiro atoms. The largest absolute Gasteiger partial charge is 0.449 e. The van der Waals surface area contributed by atoms with Crippen molar-refractivity contribution in [2.24, 2.45) is 5.92 Å². The van der Waals surface area contributed by atoms with Crippen molar-refractivity contribution in [1.82, 2.24) is 4.98 Å². The van der Waals surface area contributed by atoms with Crippen molar-refractivity contribution in [2.75, 3.05) is 35.2 Å². The van der Waals surface area contributed by atoms with Crippen LogP contribution in [0.1, 0.15) is 28.8 Å². The second-order valence-corrected chi connectivity index (χ2v) is 8.32. The van der Waals surface area contributed by atoms with E-state index in [-0.39, 0.29) is 11.5 Å². The van der Waals surface area contributed by atoms with E-state index in [1.165, 1.54) is 6.07 Å². The molecule has 0 unspecified atom stereocenters. The molecule has 0 saturated carbocycles. The summed E-state index contributed by atoms with van der Waals surface area (Å²) in [6, 6.07) is 15.1. The van der Waals surface area contributed by atoms with Gasteiger partial charge < -0.3 is 15.0 Å². The number of para-hydroxylation sites is 2. The maximum atomic E-state index is 13.8. The van der Waals surface area contributed by atoms with Crippen LogP contribution in [0.15, 0.2) is 67.0 Å². The van der Waals surface area contributed by atoms with Gasteiger partial charge in [0, 0.05) is 36.7 Å². The Morgan fingerprint density at radius 3 is 2.38 bits per heavy atom. The number of piperidine rings is 1. The number of hydrogen-bond acceptors (Lipinski definition) is 5. The number of carbonyl (C=O) groups is 2. The Balaban J connectivity index is 1.28. The predicted molar refractivity (Wildman–Crippen MR) is 130 cm³/mol. The van der Waals surface area contributed by atoms with Crippen LogP contribution in [0.5, 0.6) is 0 Å². The molecule has 176 valence electrons. The third kappa shape index (κ3) is 5.89. The highest BCUT2D eigenvalue weighted by atomic mass is 19.1. The molecule has 1 saturated heterocycles. The molecule has 2 aromatic carbocycles. The molecule has 0 bridgehead atoms. The van der Waals surface area contributed by atoms with Gasteiger partial charge in [-0.3, -0.25) is 15.1 Å². The van der Waals surface area contributed by atoms with Crippen molar-refractivity contribution >= 4 is 29.1 Å². The van der Waals surface area contributed by atoms with Crippen molar-refractivity contribution in [3.8, 4) is 0 Å². The van der Waals surface area contributed by atoms with Crippen molar-refractivity contribution in [2.45, 2.75) is 19.8 Å². The zero-order valence-corrected chi connectivity index (χ0v) is 19.0. The van der Waals surface area contributed by atoms with Crippen LogP contribution in [0, 0.1) is 18.7 Å². The van der Waals surface area contributed by atoms with E-state index < -0.39 is 17.8 Å². The number of ether oxygens (including phenoxy) is 1. The molecule has 1 aliphatic rings. The summed E-state index contributed by atoms with van der Waals surface area (Å²) in [7, 11) is 0. The van der Waals surface area contributed by atoms with Crippen LogP contribution in [0.3, 0.4) is 0 Å². The lowest BCUT2D eigenvalue weighted by atomic mass is 9.97. The molecule has 4 rings (SSSR count). The standard InChI is InChI=1S/C26H27FN4O3/c1-18-6-7-20(16-22(18)27)25(32)29-23-4-2-3-5-24(23)30-26(33)34-17-19-10-14-31(15-11-19)21-8-12-28-13-9-21/h2-9,12-13,16,19H,10-11,14-15,17H2,1H3,(H,29,32)(H,30,33). The Kier molecular flexibility index (Phi) is 7.37. The smallest absolute Gasteiger partial charge is 0.411 e. The summed E-state index contributed by atoms with van der Waals surface area (Å²) >= 11 is 0. The summed E-state index contributed by atoms with van der Waals surface area (Å²) in [5.41, 5.74) is 2.61. The molecule has 2 amide bonds. The molecule has 34 heavy (non-hydrogen) atoms. The fraction of sp³-hybridized carbons (Fsp3) is 0.269. The van der Waals surface area contributed by atoms with Gasteiger partial charge in [-0.1, -0.05) is 18.2 Å². The van der Waals surface area contributed by atoms with Crippen LogP contribution in [0.4, 0.5) is 26.2 Å². The van der Waals surface area contributed by atoms with Gasteiger partial charge in [0.1, 0.15) is 5.82 Å². The molecule has 2 heterocycles. The predicted octanol–water partition coefficient (Wildman–Crippen LogP) is 5.25. The van der Waals surface area contributed by atoms with Gasteiger partial charge >= 0.3 is 6.09 Å². The van der Waals surface area contributed by atoms with Crippen molar-refractivity contribution in [3.63, 3.8) is 0 Å². The van der Waals surface area contributed by atoms with Gasteiger partial charge in [0.2, 0.25) is 0 Å². The first-order valence-electron chi connectivity index (χ1n) is 11.2. The Morgan fingerprint density at radius 1 is 1.03 bits per heavy atom. The summed E-state index contributed by atoms with van der Waals surface area (Å²) in [5, 5.41) is 5.41. The second kappa shape index (κ2) is 10.8. The van der Waals surface area contributed by atoms with E-state index in [4.69, 9.17) is 4.74 Å². The monoisotopic (exact) mass is 462 g/mol. The summed E-state index contributed by atoms with van der Waals surface area (Å²) in [5.74, 6) is -0.632. The van der Waals surface area contributed by atoms with E-state index in [9.17, 15) is 14.0 Å². The first kappa shape index (κ1) is 23.2. The summed E-state index contributed by atoms with van der Waals surface area (Å²) in [6.45, 7) is 3.75. The maximum Gasteiger partial charge on any atom is 0.411 e. The average Bonchev–Trinajstić information content (AvgIpc) is 2.86. The molecule has 3 aromatic rings. The van der Waals surface area contributed by atoms with Crippen LogP contribution < -0.4 is 15.5 Å². The third-order valence-corrected chi connectivity index (χ3v) is 5.94. The fourth-order valence-corrected chi connectivity index (χ4v) is 3.88. The number of anilines is 3. The molecule has 2 N–H and O–H groups in total. The Labute approximate surface area is 198 Å². The van der Waals surface area contributed by atoms with E-state index in [2.05, 4.69) is 20.5 Å². The topological polar surface area (TPSA) is 83.6 Å². The summed E-state index contributed by atoms with van der Waals surface area (Å²) in [4.78, 5) is 31.3. The van der Waals surface area contributed by atoms with Crippen molar-refractivity contribution in [1.29, 1.82) is 0 Å². The molecule has 0 radical (unpaired) electrons. The summed E-state index contributed by atoms with van der Waals surface area (Å²) < 4.78 is 19.3. The average molecular weight is 463 g/mol. The van der Waals surface area contributed by atoms with Crippen LogP contribution in [0.25, 0.3) is 0 Å². The highest BCUT2D eigenvalue weighted by Crippen LogP contribution is 2.25. The number of benzene rings is 2. The van der Waals surface area contributed by atoms with Crippen LogP contribution in [0.2, 0.25) is 0 Å². The molecule has 0 atom stereocenters. The van der Waals surface area contributed by atoms with E-state index in [0.29, 0.717) is 23.5 Å². The van der Waals surface area contributed by atoms with Crippen LogP contribution >= 0.6 is 0 Å². The number of aromatic nitrogens is 1. The van der Waals surface area contributed by atoms with Gasteiger partial charge in [-0.15, -0.1) is 0 Å². The van der Waals surface area contributed by atoms with Gasteiger partial charge in [0.25, 0.3) is 5.91 Å². The van der Waals surface area contributed by atoms with E-state index in [0.717, 1.165) is 31.6 Å². The molecular weight excluding hydrogens is 435 g/mol. The number of pyridine rings is 1. The Hall–Kier alpha value is -3.94. The number of nitrogens with one attached hydrogen (secondary N) is 2. The number of carbonyl (C=O) groups excluding carboxylic acids is 2. The number of amides is 2. The minimum atomic E-state index is -0.584. The van der Waals surface area contributed by atoms with Gasteiger partial charge in [-0.05, 0) is 67.6 Å². The molecule has 8 heteroatoms. The maximum absolute atomic E-state index is 13.8. The highest BCUT2D eigenvalue weighted by Gasteiger charge is 2.21. The first-order valence-corrected chi connectivity index (χ1v) is 11.2. The fourth-order valence-electron chi connectivity index (χ4n) is 3.88. The zero-order chi connectivity index (χ0) is 23.9. The van der Waals surface area contributed by atoms with Crippen LogP contribution in [-0.2, 0) is 4.74 Å². The molecular formula is C26H27FN4O3. The Morgan fingerprint density at radius 2 is 1.71 bits per heavy atom. The molecule has 1 fully saturated rings. The summed E-state index contributed by atoms with van der Waals surface area (Å²) in [6.07, 6.45) is 4.84. The lowest BCUT2D eigenvalue weighted by molar-refractivity contribution is 0.102. The van der Waals surface area contributed by atoms with Gasteiger partial charge in [0.05, 0.1) is 18.0 Å². The normalized spacial score (nSPS) is 13.9. The molecule has 1 aromatic heterocycles. The van der Waals surface area contributed by atoms with E-state index >= 15 is 0 Å². The van der Waals surface area contributed by atoms with Gasteiger partial charge in [0.15, 0.2) is 0 Å². The van der Waals surface area contributed by atoms with Gasteiger partial charge in [-0.2, -0.15) is 0 Å². The zero-order valence-electron chi connectivity index (χ0n) is 19.0. The van der Waals surface area contributed by atoms with Crippen molar-refractivity contribution < 1.29 is 18.7 Å². The number of hydrogen-bond donors (Lipinski definition) is 2. The lowest BCUT2D eigenvalue weighted by Crippen LogP contribution is -2.35. The second-order valence-electron chi connectivity index (χ2n) is 8.32. The van der Waals surface area contributed by atoms with E-state index in [1.807, 2.05) is 12.1 Å². The number of rotatable bonds is 6. The number of halogens is 1. The molecule has 1 aliphatic heterocycles. The van der Waals surface area contributed by atoms with E-state index in [1.54, 1.807) is 55.7 Å². The minimum Gasteiger partial charge on any atom is -0.449 e. The van der Waals surface area contributed by atoms with Crippen LogP contribution in [-0.4, -0.2) is 36.7 Å². The quantitative estimate of drug-likeness (QED) is 0.523. The number of nitrogens with zero attached hydrogens (tertiary/aromatic N) is 2. The molecule has 7 nitrogen and oxygen atoms in total. The first-order chi connectivity index (χ1) is 16.5.